The van der Waals surface area contributed by atoms with Crippen LogP contribution in [-0.2, 0) is 19.2 Å². The van der Waals surface area contributed by atoms with Gasteiger partial charge in [0, 0.05) is 39.0 Å². The van der Waals surface area contributed by atoms with Gasteiger partial charge in [0.1, 0.15) is 12.1 Å². The summed E-state index contributed by atoms with van der Waals surface area (Å²) in [5, 5.41) is 5.58. The van der Waals surface area contributed by atoms with Gasteiger partial charge in [-0.15, -0.1) is 0 Å². The molecule has 0 radical (unpaired) electrons. The Balaban J connectivity index is 1.73. The molecule has 2 N–H and O–H groups in total. The maximum absolute atomic E-state index is 12.4. The molecule has 0 saturated carbocycles. The zero-order valence-electron chi connectivity index (χ0n) is 13.8. The fourth-order valence-corrected chi connectivity index (χ4v) is 3.78. The Morgan fingerprint density at radius 1 is 0.708 bits per heavy atom. The predicted octanol–water partition coefficient (Wildman–Crippen LogP) is -1.01. The molecule has 0 aromatic carbocycles. The summed E-state index contributed by atoms with van der Waals surface area (Å²) in [4.78, 5) is 52.5. The van der Waals surface area contributed by atoms with Crippen LogP contribution in [0.25, 0.3) is 0 Å². The van der Waals surface area contributed by atoms with Crippen molar-refractivity contribution >= 4 is 23.6 Å². The molecule has 3 saturated heterocycles. The molecular formula is C16H24N4O4. The SMILES string of the molecule is O=C1NCCNC(=O)[C@@H]2CCCN2C(=O)CCC(=O)N2CCC[C@@H]12. The van der Waals surface area contributed by atoms with Crippen molar-refractivity contribution < 1.29 is 19.2 Å². The number of nitrogens with one attached hydrogen (secondary N) is 2. The molecule has 2 atom stereocenters. The molecule has 132 valence electrons. The van der Waals surface area contributed by atoms with Crippen molar-refractivity contribution in [2.75, 3.05) is 26.2 Å². The highest BCUT2D eigenvalue weighted by Crippen LogP contribution is 2.22. The van der Waals surface area contributed by atoms with E-state index in [1.165, 1.54) is 0 Å². The van der Waals surface area contributed by atoms with Crippen molar-refractivity contribution in [3.8, 4) is 0 Å². The molecule has 8 heteroatoms. The van der Waals surface area contributed by atoms with Gasteiger partial charge in [0.25, 0.3) is 0 Å². The number of carbonyl (C=O) groups is 4. The first kappa shape index (κ1) is 16.7. The van der Waals surface area contributed by atoms with Crippen molar-refractivity contribution in [1.29, 1.82) is 0 Å². The third kappa shape index (κ3) is 3.37. The van der Waals surface area contributed by atoms with Crippen LogP contribution in [0.1, 0.15) is 38.5 Å². The number of hydrogen-bond donors (Lipinski definition) is 2. The van der Waals surface area contributed by atoms with E-state index in [9.17, 15) is 19.2 Å². The maximum Gasteiger partial charge on any atom is 0.242 e. The van der Waals surface area contributed by atoms with Gasteiger partial charge in [-0.05, 0) is 25.7 Å². The van der Waals surface area contributed by atoms with E-state index in [2.05, 4.69) is 10.6 Å². The van der Waals surface area contributed by atoms with Gasteiger partial charge < -0.3 is 20.4 Å². The fourth-order valence-electron chi connectivity index (χ4n) is 3.78. The minimum absolute atomic E-state index is 0.0907. The van der Waals surface area contributed by atoms with Gasteiger partial charge in [0.05, 0.1) is 0 Å². The topological polar surface area (TPSA) is 98.8 Å². The summed E-state index contributed by atoms with van der Waals surface area (Å²) in [5.41, 5.74) is 0. The van der Waals surface area contributed by atoms with Crippen LogP contribution in [0.3, 0.4) is 0 Å². The highest BCUT2D eigenvalue weighted by molar-refractivity contribution is 5.92. The number of nitrogens with zero attached hydrogens (tertiary/aromatic N) is 2. The minimum atomic E-state index is -0.453. The van der Waals surface area contributed by atoms with Crippen molar-refractivity contribution in [3.63, 3.8) is 0 Å². The second kappa shape index (κ2) is 7.19. The van der Waals surface area contributed by atoms with E-state index in [0.29, 0.717) is 39.0 Å². The van der Waals surface area contributed by atoms with Gasteiger partial charge >= 0.3 is 0 Å². The van der Waals surface area contributed by atoms with Crippen molar-refractivity contribution in [1.82, 2.24) is 20.4 Å². The number of carbonyl (C=O) groups excluding carboxylic acids is 4. The number of hydrogen-bond acceptors (Lipinski definition) is 4. The summed E-state index contributed by atoms with van der Waals surface area (Å²) in [5.74, 6) is -0.668. The van der Waals surface area contributed by atoms with E-state index in [0.717, 1.165) is 12.8 Å². The Morgan fingerprint density at radius 3 is 1.54 bits per heavy atom. The molecule has 8 nitrogen and oxygen atoms in total. The first-order valence-corrected chi connectivity index (χ1v) is 8.72. The summed E-state index contributed by atoms with van der Waals surface area (Å²) >= 11 is 0. The quantitative estimate of drug-likeness (QED) is 0.592. The largest absolute Gasteiger partial charge is 0.353 e. The molecule has 0 aliphatic carbocycles. The normalized spacial score (nSPS) is 29.7. The molecular weight excluding hydrogens is 312 g/mol. The molecule has 3 heterocycles. The second-order valence-corrected chi connectivity index (χ2v) is 6.57. The van der Waals surface area contributed by atoms with Crippen molar-refractivity contribution in [2.45, 2.75) is 50.6 Å². The van der Waals surface area contributed by atoms with E-state index < -0.39 is 12.1 Å². The van der Waals surface area contributed by atoms with Crippen LogP contribution in [0.5, 0.6) is 0 Å². The molecule has 0 aromatic rings. The molecule has 0 aromatic heterocycles. The van der Waals surface area contributed by atoms with Gasteiger partial charge in [0.15, 0.2) is 0 Å². The third-order valence-corrected chi connectivity index (χ3v) is 5.03. The Hall–Kier alpha value is -2.12. The summed E-state index contributed by atoms with van der Waals surface area (Å²) in [7, 11) is 0. The lowest BCUT2D eigenvalue weighted by Crippen LogP contribution is -2.50. The van der Waals surface area contributed by atoms with Crippen LogP contribution in [0.2, 0.25) is 0 Å². The monoisotopic (exact) mass is 336 g/mol. The Labute approximate surface area is 140 Å². The molecule has 0 unspecified atom stereocenters. The predicted molar refractivity (Wildman–Crippen MR) is 84.7 cm³/mol. The van der Waals surface area contributed by atoms with Crippen LogP contribution >= 0.6 is 0 Å². The van der Waals surface area contributed by atoms with E-state index in [1.54, 1.807) is 9.80 Å². The van der Waals surface area contributed by atoms with E-state index in [1.807, 2.05) is 0 Å². The molecule has 3 fully saturated rings. The standard InChI is InChI=1S/C16H24N4O4/c21-13-5-6-14(22)20-10-2-4-12(20)16(24)18-8-7-17-15(23)11-3-1-9-19(11)13/h11-12H,1-10H2,(H,17,23)(H,18,24)/t11-,12-/m0/s1. The second-order valence-electron chi connectivity index (χ2n) is 6.57. The first-order valence-electron chi connectivity index (χ1n) is 8.72. The molecule has 3 rings (SSSR count). The Kier molecular flexibility index (Phi) is 5.01. The summed E-state index contributed by atoms with van der Waals surface area (Å²) < 4.78 is 0. The van der Waals surface area contributed by atoms with Crippen molar-refractivity contribution in [2.24, 2.45) is 0 Å². The van der Waals surface area contributed by atoms with Gasteiger partial charge in [-0.3, -0.25) is 19.2 Å². The Morgan fingerprint density at radius 2 is 1.12 bits per heavy atom. The zero-order chi connectivity index (χ0) is 17.1. The highest BCUT2D eigenvalue weighted by atomic mass is 16.2. The van der Waals surface area contributed by atoms with Crippen LogP contribution in [-0.4, -0.2) is 71.7 Å². The summed E-state index contributed by atoms with van der Waals surface area (Å²) in [6.45, 7) is 1.77. The van der Waals surface area contributed by atoms with Crippen LogP contribution in [0.4, 0.5) is 0 Å². The molecule has 4 amide bonds. The van der Waals surface area contributed by atoms with Gasteiger partial charge in [0.2, 0.25) is 23.6 Å². The van der Waals surface area contributed by atoms with Crippen LogP contribution in [0.15, 0.2) is 0 Å². The smallest absolute Gasteiger partial charge is 0.242 e. The first-order chi connectivity index (χ1) is 11.6. The molecule has 0 spiro atoms. The number of rotatable bonds is 0. The van der Waals surface area contributed by atoms with Gasteiger partial charge in [-0.25, -0.2) is 0 Å². The lowest BCUT2D eigenvalue weighted by Gasteiger charge is -2.27. The molecule has 0 bridgehead atoms. The average Bonchev–Trinajstić information content (AvgIpc) is 3.23. The molecule has 24 heavy (non-hydrogen) atoms. The average molecular weight is 336 g/mol. The molecule has 3 aliphatic rings. The maximum atomic E-state index is 12.4. The van der Waals surface area contributed by atoms with Gasteiger partial charge in [-0.1, -0.05) is 0 Å². The van der Waals surface area contributed by atoms with Crippen LogP contribution < -0.4 is 10.6 Å². The third-order valence-electron chi connectivity index (χ3n) is 5.03. The summed E-state index contributed by atoms with van der Waals surface area (Å²) in [6.07, 6.45) is 3.06. The lowest BCUT2D eigenvalue weighted by molar-refractivity contribution is -0.142. The zero-order valence-corrected chi connectivity index (χ0v) is 13.8. The van der Waals surface area contributed by atoms with Crippen molar-refractivity contribution in [3.05, 3.63) is 0 Å². The van der Waals surface area contributed by atoms with E-state index in [-0.39, 0.29) is 36.5 Å². The minimum Gasteiger partial charge on any atom is -0.353 e. The Bertz CT molecular complexity index is 502. The van der Waals surface area contributed by atoms with Gasteiger partial charge in [-0.2, -0.15) is 0 Å². The lowest BCUT2D eigenvalue weighted by atomic mass is 10.1. The molecule has 3 aliphatic heterocycles. The fraction of sp³-hybridized carbons (Fsp3) is 0.750. The summed E-state index contributed by atoms with van der Waals surface area (Å²) in [6, 6.07) is -0.906. The highest BCUT2D eigenvalue weighted by Gasteiger charge is 2.36. The van der Waals surface area contributed by atoms with E-state index >= 15 is 0 Å². The number of fused-ring (bicyclic) bond motifs is 2. The van der Waals surface area contributed by atoms with E-state index in [4.69, 9.17) is 0 Å². The number of amides is 4. The van der Waals surface area contributed by atoms with Crippen LogP contribution in [0, 0.1) is 0 Å².